The van der Waals surface area contributed by atoms with Crippen LogP contribution in [0.1, 0.15) is 13.8 Å². The van der Waals surface area contributed by atoms with Crippen LogP contribution < -0.4 is 10.6 Å². The van der Waals surface area contributed by atoms with Gasteiger partial charge in [-0.3, -0.25) is 4.79 Å². The quantitative estimate of drug-likeness (QED) is 0.693. The van der Waals surface area contributed by atoms with Crippen molar-refractivity contribution in [2.75, 3.05) is 30.3 Å². The van der Waals surface area contributed by atoms with Crippen molar-refractivity contribution >= 4 is 38.9 Å². The topological polar surface area (TPSA) is 78.5 Å². The maximum atomic E-state index is 13.0. The molecular formula is C18H21ClFN3O3S. The van der Waals surface area contributed by atoms with Gasteiger partial charge in [0.1, 0.15) is 5.82 Å². The number of carbonyl (C=O) groups excluding carboxylic acids is 1. The Hall–Kier alpha value is -2.16. The standard InChI is InChI=1S/C18H21ClFN3O3S/c1-3-23(4-2)27(25,26)15-8-6-14(7-9-15)21-12-18(24)22-17-10-5-13(20)11-16(17)19/h5-11,21H,3-4,12H2,1-2H3,(H,22,24). The molecule has 0 aromatic heterocycles. The van der Waals surface area contributed by atoms with E-state index in [0.29, 0.717) is 24.5 Å². The van der Waals surface area contributed by atoms with Gasteiger partial charge in [0, 0.05) is 18.8 Å². The molecule has 27 heavy (non-hydrogen) atoms. The lowest BCUT2D eigenvalue weighted by atomic mass is 10.3. The first-order valence-electron chi connectivity index (χ1n) is 8.37. The number of sulfonamides is 1. The third-order valence-corrected chi connectivity index (χ3v) is 6.23. The third-order valence-electron chi connectivity index (χ3n) is 3.86. The Morgan fingerprint density at radius 1 is 1.11 bits per heavy atom. The SMILES string of the molecule is CCN(CC)S(=O)(=O)c1ccc(NCC(=O)Nc2ccc(F)cc2Cl)cc1. The number of amides is 1. The molecule has 146 valence electrons. The molecule has 9 heteroatoms. The first-order valence-corrected chi connectivity index (χ1v) is 10.2. The smallest absolute Gasteiger partial charge is 0.243 e. The Bertz CT molecular complexity index is 901. The van der Waals surface area contributed by atoms with Gasteiger partial charge in [0.2, 0.25) is 15.9 Å². The van der Waals surface area contributed by atoms with Crippen LogP contribution >= 0.6 is 11.6 Å². The van der Waals surface area contributed by atoms with E-state index in [0.717, 1.165) is 6.07 Å². The summed E-state index contributed by atoms with van der Waals surface area (Å²) in [5.74, 6) is -0.862. The lowest BCUT2D eigenvalue weighted by molar-refractivity contribution is -0.114. The molecule has 0 heterocycles. The van der Waals surface area contributed by atoms with Gasteiger partial charge in [-0.15, -0.1) is 0 Å². The summed E-state index contributed by atoms with van der Waals surface area (Å²) in [5.41, 5.74) is 0.902. The predicted octanol–water partition coefficient (Wildman–Crippen LogP) is 3.56. The summed E-state index contributed by atoms with van der Waals surface area (Å²) in [7, 11) is -3.52. The van der Waals surface area contributed by atoms with Gasteiger partial charge in [0.05, 0.1) is 22.2 Å². The van der Waals surface area contributed by atoms with Crippen molar-refractivity contribution < 1.29 is 17.6 Å². The monoisotopic (exact) mass is 413 g/mol. The summed E-state index contributed by atoms with van der Waals surface area (Å²) in [6.07, 6.45) is 0. The van der Waals surface area contributed by atoms with Gasteiger partial charge in [0.15, 0.2) is 0 Å². The molecule has 0 radical (unpaired) electrons. The molecule has 0 atom stereocenters. The molecule has 0 bridgehead atoms. The van der Waals surface area contributed by atoms with E-state index in [1.807, 2.05) is 0 Å². The molecule has 0 spiro atoms. The van der Waals surface area contributed by atoms with E-state index in [1.165, 1.54) is 28.6 Å². The number of carbonyl (C=O) groups is 1. The Labute approximate surface area is 163 Å². The fourth-order valence-corrected chi connectivity index (χ4v) is 4.10. The van der Waals surface area contributed by atoms with Crippen LogP contribution in [0.5, 0.6) is 0 Å². The van der Waals surface area contributed by atoms with Crippen molar-refractivity contribution in [3.8, 4) is 0 Å². The van der Waals surface area contributed by atoms with Crippen LogP contribution in [0.3, 0.4) is 0 Å². The highest BCUT2D eigenvalue weighted by Gasteiger charge is 2.21. The number of anilines is 2. The summed E-state index contributed by atoms with van der Waals surface area (Å²) >= 11 is 5.86. The largest absolute Gasteiger partial charge is 0.376 e. The molecular weight excluding hydrogens is 393 g/mol. The van der Waals surface area contributed by atoms with Gasteiger partial charge in [0.25, 0.3) is 0 Å². The van der Waals surface area contributed by atoms with E-state index < -0.39 is 15.8 Å². The normalized spacial score (nSPS) is 11.4. The zero-order chi connectivity index (χ0) is 20.0. The fourth-order valence-electron chi connectivity index (χ4n) is 2.42. The van der Waals surface area contributed by atoms with Gasteiger partial charge in [-0.25, -0.2) is 12.8 Å². The van der Waals surface area contributed by atoms with Gasteiger partial charge in [-0.2, -0.15) is 4.31 Å². The lowest BCUT2D eigenvalue weighted by Crippen LogP contribution is -2.30. The number of benzene rings is 2. The number of halogens is 2. The van der Waals surface area contributed by atoms with Crippen LogP contribution in [0.25, 0.3) is 0 Å². The first-order chi connectivity index (χ1) is 12.8. The Morgan fingerprint density at radius 3 is 2.30 bits per heavy atom. The molecule has 6 nitrogen and oxygen atoms in total. The van der Waals surface area contributed by atoms with Crippen molar-refractivity contribution in [2.45, 2.75) is 18.7 Å². The Kier molecular flexibility index (Phi) is 7.18. The summed E-state index contributed by atoms with van der Waals surface area (Å²) in [4.78, 5) is 12.2. The highest BCUT2D eigenvalue weighted by molar-refractivity contribution is 7.89. The van der Waals surface area contributed by atoms with Crippen LogP contribution in [0.15, 0.2) is 47.4 Å². The molecule has 2 N–H and O–H groups in total. The van der Waals surface area contributed by atoms with Crippen molar-refractivity contribution in [1.29, 1.82) is 0 Å². The van der Waals surface area contributed by atoms with Crippen molar-refractivity contribution in [3.05, 3.63) is 53.3 Å². The van der Waals surface area contributed by atoms with Crippen molar-refractivity contribution in [1.82, 2.24) is 4.31 Å². The number of rotatable bonds is 8. The number of nitrogens with zero attached hydrogens (tertiary/aromatic N) is 1. The van der Waals surface area contributed by atoms with Crippen LogP contribution in [0.2, 0.25) is 5.02 Å². The molecule has 1 amide bonds. The Morgan fingerprint density at radius 2 is 1.74 bits per heavy atom. The molecule has 0 saturated carbocycles. The number of nitrogens with one attached hydrogen (secondary N) is 2. The molecule has 2 aromatic carbocycles. The average molecular weight is 414 g/mol. The fraction of sp³-hybridized carbons (Fsp3) is 0.278. The van der Waals surface area contributed by atoms with Crippen molar-refractivity contribution in [2.24, 2.45) is 0 Å². The minimum absolute atomic E-state index is 0.0597. The molecule has 2 rings (SSSR count). The third kappa shape index (κ3) is 5.41. The second-order valence-electron chi connectivity index (χ2n) is 5.64. The van der Waals surface area contributed by atoms with Crippen LogP contribution in [0, 0.1) is 5.82 Å². The Balaban J connectivity index is 1.97. The van der Waals surface area contributed by atoms with E-state index in [2.05, 4.69) is 10.6 Å². The van der Waals surface area contributed by atoms with Gasteiger partial charge in [-0.05, 0) is 42.5 Å². The van der Waals surface area contributed by atoms with Crippen molar-refractivity contribution in [3.63, 3.8) is 0 Å². The lowest BCUT2D eigenvalue weighted by Gasteiger charge is -2.18. The molecule has 0 aliphatic rings. The van der Waals surface area contributed by atoms with E-state index in [-0.39, 0.29) is 22.4 Å². The number of hydrogen-bond acceptors (Lipinski definition) is 4. The second-order valence-corrected chi connectivity index (χ2v) is 7.98. The van der Waals surface area contributed by atoms with E-state index in [4.69, 9.17) is 11.6 Å². The molecule has 0 aliphatic heterocycles. The van der Waals surface area contributed by atoms with Gasteiger partial charge in [-0.1, -0.05) is 25.4 Å². The van der Waals surface area contributed by atoms with Crippen LogP contribution in [-0.2, 0) is 14.8 Å². The first kappa shape index (κ1) is 21.1. The zero-order valence-corrected chi connectivity index (χ0v) is 16.6. The molecule has 0 fully saturated rings. The minimum atomic E-state index is -3.52. The maximum absolute atomic E-state index is 13.0. The van der Waals surface area contributed by atoms with Crippen LogP contribution in [0.4, 0.5) is 15.8 Å². The van der Waals surface area contributed by atoms with Gasteiger partial charge >= 0.3 is 0 Å². The highest BCUT2D eigenvalue weighted by Crippen LogP contribution is 2.22. The maximum Gasteiger partial charge on any atom is 0.243 e. The van der Waals surface area contributed by atoms with Gasteiger partial charge < -0.3 is 10.6 Å². The molecule has 2 aromatic rings. The zero-order valence-electron chi connectivity index (χ0n) is 15.0. The molecule has 0 saturated heterocycles. The molecule has 0 unspecified atom stereocenters. The molecule has 0 aliphatic carbocycles. The summed E-state index contributed by atoms with van der Waals surface area (Å²) in [5, 5.41) is 5.57. The summed E-state index contributed by atoms with van der Waals surface area (Å²) in [6, 6.07) is 9.85. The minimum Gasteiger partial charge on any atom is -0.376 e. The van der Waals surface area contributed by atoms with Crippen LogP contribution in [-0.4, -0.2) is 38.3 Å². The predicted molar refractivity (Wildman–Crippen MR) is 105 cm³/mol. The van der Waals surface area contributed by atoms with E-state index in [1.54, 1.807) is 26.0 Å². The summed E-state index contributed by atoms with van der Waals surface area (Å²) < 4.78 is 39.2. The van der Waals surface area contributed by atoms with E-state index >= 15 is 0 Å². The average Bonchev–Trinajstić information content (AvgIpc) is 2.63. The number of hydrogen-bond donors (Lipinski definition) is 2. The second kappa shape index (κ2) is 9.16. The summed E-state index contributed by atoms with van der Waals surface area (Å²) in [6.45, 7) is 4.29. The highest BCUT2D eigenvalue weighted by atomic mass is 35.5. The van der Waals surface area contributed by atoms with E-state index in [9.17, 15) is 17.6 Å².